The van der Waals surface area contributed by atoms with Crippen LogP contribution in [-0.4, -0.2) is 23.5 Å². The zero-order valence-electron chi connectivity index (χ0n) is 11.7. The highest BCUT2D eigenvalue weighted by atomic mass is 19.4. The molecule has 0 aliphatic heterocycles. The van der Waals surface area contributed by atoms with Crippen LogP contribution in [0.15, 0.2) is 41.0 Å². The lowest BCUT2D eigenvalue weighted by Crippen LogP contribution is -2.38. The van der Waals surface area contributed by atoms with Crippen molar-refractivity contribution in [3.8, 4) is 0 Å². The third kappa shape index (κ3) is 4.09. The second-order valence-electron chi connectivity index (χ2n) is 4.82. The van der Waals surface area contributed by atoms with Gasteiger partial charge in [0.15, 0.2) is 0 Å². The Balaban J connectivity index is 2.26. The Labute approximate surface area is 124 Å². The lowest BCUT2D eigenvalue weighted by Gasteiger charge is -2.23. The maximum Gasteiger partial charge on any atom is 0.406 e. The number of amides is 1. The fourth-order valence-electron chi connectivity index (χ4n) is 1.92. The first-order chi connectivity index (χ1) is 10.3. The Morgan fingerprint density at radius 3 is 2.55 bits per heavy atom. The van der Waals surface area contributed by atoms with Crippen LogP contribution in [0.3, 0.4) is 0 Å². The summed E-state index contributed by atoms with van der Waals surface area (Å²) in [6.07, 6.45) is -3.26. The number of hydrogen-bond donors (Lipinski definition) is 0. The van der Waals surface area contributed by atoms with E-state index in [1.54, 1.807) is 0 Å². The van der Waals surface area contributed by atoms with Gasteiger partial charge >= 0.3 is 6.18 Å². The van der Waals surface area contributed by atoms with Gasteiger partial charge in [-0.15, -0.1) is 0 Å². The molecule has 3 nitrogen and oxygen atoms in total. The molecule has 0 saturated heterocycles. The van der Waals surface area contributed by atoms with Crippen molar-refractivity contribution in [3.05, 3.63) is 59.3 Å². The highest BCUT2D eigenvalue weighted by Gasteiger charge is 2.34. The number of furan rings is 1. The molecule has 0 aliphatic carbocycles. The monoisotopic (exact) mass is 315 g/mol. The average molecular weight is 315 g/mol. The van der Waals surface area contributed by atoms with Crippen LogP contribution < -0.4 is 0 Å². The summed E-state index contributed by atoms with van der Waals surface area (Å²) in [5, 5.41) is 0. The summed E-state index contributed by atoms with van der Waals surface area (Å²) in [6, 6.07) is 6.56. The molecule has 22 heavy (non-hydrogen) atoms. The van der Waals surface area contributed by atoms with Crippen LogP contribution >= 0.6 is 0 Å². The maximum absolute atomic E-state index is 13.5. The van der Waals surface area contributed by atoms with Crippen LogP contribution in [0.1, 0.15) is 21.7 Å². The standard InChI is InChI=1S/C15H13F4NO2/c1-10-4-5-11(7-13(10)16)14(21)20(9-15(17,18)19)8-12-3-2-6-22-12/h2-7H,8-9H2,1H3. The first-order valence-corrected chi connectivity index (χ1v) is 6.41. The average Bonchev–Trinajstić information content (AvgIpc) is 2.92. The molecule has 2 aromatic rings. The molecule has 0 saturated carbocycles. The van der Waals surface area contributed by atoms with Crippen molar-refractivity contribution in [1.29, 1.82) is 0 Å². The molecule has 0 bridgehead atoms. The van der Waals surface area contributed by atoms with Gasteiger partial charge < -0.3 is 9.32 Å². The molecule has 1 aromatic carbocycles. The van der Waals surface area contributed by atoms with Crippen LogP contribution in [-0.2, 0) is 6.54 Å². The molecule has 1 aromatic heterocycles. The summed E-state index contributed by atoms with van der Waals surface area (Å²) >= 11 is 0. The Bertz CT molecular complexity index is 650. The Morgan fingerprint density at radius 1 is 1.27 bits per heavy atom. The first-order valence-electron chi connectivity index (χ1n) is 6.41. The molecule has 0 radical (unpaired) electrons. The van der Waals surface area contributed by atoms with Crippen molar-refractivity contribution in [1.82, 2.24) is 4.90 Å². The van der Waals surface area contributed by atoms with E-state index >= 15 is 0 Å². The number of nitrogens with zero attached hydrogens (tertiary/aromatic N) is 1. The number of rotatable bonds is 4. The zero-order valence-corrected chi connectivity index (χ0v) is 11.7. The summed E-state index contributed by atoms with van der Waals surface area (Å²) in [4.78, 5) is 12.8. The third-order valence-electron chi connectivity index (χ3n) is 3.00. The highest BCUT2D eigenvalue weighted by Crippen LogP contribution is 2.21. The van der Waals surface area contributed by atoms with Crippen LogP contribution in [0, 0.1) is 12.7 Å². The molecule has 0 aliphatic rings. The molecular formula is C15H13F4NO2. The Kier molecular flexibility index (Phi) is 4.54. The number of alkyl halides is 3. The van der Waals surface area contributed by atoms with Crippen LogP contribution in [0.4, 0.5) is 17.6 Å². The van der Waals surface area contributed by atoms with Crippen molar-refractivity contribution >= 4 is 5.91 Å². The Hall–Kier alpha value is -2.31. The summed E-state index contributed by atoms with van der Waals surface area (Å²) in [5.41, 5.74) is 0.170. The van der Waals surface area contributed by atoms with Crippen molar-refractivity contribution in [2.24, 2.45) is 0 Å². The molecule has 0 fully saturated rings. The van der Waals surface area contributed by atoms with Gasteiger partial charge in [0.1, 0.15) is 18.1 Å². The molecule has 0 N–H and O–H groups in total. The fourth-order valence-corrected chi connectivity index (χ4v) is 1.92. The summed E-state index contributed by atoms with van der Waals surface area (Å²) in [6.45, 7) is -0.289. The third-order valence-corrected chi connectivity index (χ3v) is 3.00. The zero-order chi connectivity index (χ0) is 16.3. The van der Waals surface area contributed by atoms with Crippen LogP contribution in [0.5, 0.6) is 0 Å². The minimum Gasteiger partial charge on any atom is -0.467 e. The van der Waals surface area contributed by atoms with E-state index in [0.717, 1.165) is 6.07 Å². The van der Waals surface area contributed by atoms with E-state index in [9.17, 15) is 22.4 Å². The summed E-state index contributed by atoms with van der Waals surface area (Å²) in [7, 11) is 0. The van der Waals surface area contributed by atoms with Gasteiger partial charge in [0.05, 0.1) is 12.8 Å². The minimum absolute atomic E-state index is 0.140. The summed E-state index contributed by atoms with van der Waals surface area (Å²) < 4.78 is 56.4. The van der Waals surface area contributed by atoms with Gasteiger partial charge in [0, 0.05) is 5.56 Å². The largest absolute Gasteiger partial charge is 0.467 e. The quantitative estimate of drug-likeness (QED) is 0.801. The highest BCUT2D eigenvalue weighted by molar-refractivity contribution is 5.94. The van der Waals surface area contributed by atoms with Crippen molar-refractivity contribution in [2.45, 2.75) is 19.6 Å². The molecule has 118 valence electrons. The first kappa shape index (κ1) is 16.1. The van der Waals surface area contributed by atoms with E-state index in [0.29, 0.717) is 10.5 Å². The molecule has 1 heterocycles. The lowest BCUT2D eigenvalue weighted by atomic mass is 10.1. The molecular weight excluding hydrogens is 302 g/mol. The second kappa shape index (κ2) is 6.21. The van der Waals surface area contributed by atoms with Crippen molar-refractivity contribution < 1.29 is 26.8 Å². The number of carbonyl (C=O) groups is 1. The Morgan fingerprint density at radius 2 is 2.00 bits per heavy atom. The van der Waals surface area contributed by atoms with Crippen LogP contribution in [0.2, 0.25) is 0 Å². The predicted molar refractivity (Wildman–Crippen MR) is 70.6 cm³/mol. The molecule has 7 heteroatoms. The van der Waals surface area contributed by atoms with Gasteiger partial charge in [-0.05, 0) is 36.8 Å². The molecule has 0 spiro atoms. The summed E-state index contributed by atoms with van der Waals surface area (Å²) in [5.74, 6) is -1.34. The van der Waals surface area contributed by atoms with Gasteiger partial charge in [-0.25, -0.2) is 4.39 Å². The number of benzene rings is 1. The smallest absolute Gasteiger partial charge is 0.406 e. The number of aryl methyl sites for hydroxylation is 1. The van der Waals surface area contributed by atoms with Crippen molar-refractivity contribution in [3.63, 3.8) is 0 Å². The van der Waals surface area contributed by atoms with E-state index in [2.05, 4.69) is 0 Å². The number of carbonyl (C=O) groups excluding carboxylic acids is 1. The van der Waals surface area contributed by atoms with Gasteiger partial charge in [-0.1, -0.05) is 6.07 Å². The van der Waals surface area contributed by atoms with E-state index in [1.807, 2.05) is 0 Å². The van der Waals surface area contributed by atoms with Gasteiger partial charge in [0.25, 0.3) is 5.91 Å². The van der Waals surface area contributed by atoms with E-state index in [-0.39, 0.29) is 17.9 Å². The second-order valence-corrected chi connectivity index (χ2v) is 4.82. The van der Waals surface area contributed by atoms with Gasteiger partial charge in [0.2, 0.25) is 0 Å². The molecule has 0 unspecified atom stereocenters. The molecule has 0 atom stereocenters. The molecule has 2 rings (SSSR count). The van der Waals surface area contributed by atoms with E-state index in [4.69, 9.17) is 4.42 Å². The van der Waals surface area contributed by atoms with Gasteiger partial charge in [-0.2, -0.15) is 13.2 Å². The van der Waals surface area contributed by atoms with Gasteiger partial charge in [-0.3, -0.25) is 4.79 Å². The van der Waals surface area contributed by atoms with Crippen LogP contribution in [0.25, 0.3) is 0 Å². The lowest BCUT2D eigenvalue weighted by molar-refractivity contribution is -0.142. The normalized spacial score (nSPS) is 11.5. The van der Waals surface area contributed by atoms with E-state index < -0.39 is 24.4 Å². The maximum atomic E-state index is 13.5. The topological polar surface area (TPSA) is 33.5 Å². The fraction of sp³-hybridized carbons (Fsp3) is 0.267. The predicted octanol–water partition coefficient (Wildman–Crippen LogP) is 3.93. The number of hydrogen-bond acceptors (Lipinski definition) is 2. The molecule has 1 amide bonds. The number of halogens is 4. The SMILES string of the molecule is Cc1ccc(C(=O)N(Cc2ccco2)CC(F)(F)F)cc1F. The van der Waals surface area contributed by atoms with Crippen molar-refractivity contribution in [2.75, 3.05) is 6.54 Å². The minimum atomic E-state index is -4.56. The van der Waals surface area contributed by atoms with E-state index in [1.165, 1.54) is 37.5 Å².